The Kier molecular flexibility index (Phi) is 4.95. The second-order valence-corrected chi connectivity index (χ2v) is 3.56. The van der Waals surface area contributed by atoms with Crippen LogP contribution in [0.2, 0.25) is 0 Å². The van der Waals surface area contributed by atoms with Gasteiger partial charge < -0.3 is 9.84 Å². The van der Waals surface area contributed by atoms with Crippen LogP contribution >= 0.6 is 0 Å². The third-order valence-corrected chi connectivity index (χ3v) is 2.04. The fourth-order valence-corrected chi connectivity index (χ4v) is 0.660. The van der Waals surface area contributed by atoms with Gasteiger partial charge in [0, 0.05) is 5.54 Å². The van der Waals surface area contributed by atoms with E-state index in [1.165, 1.54) is 0 Å². The highest BCUT2D eigenvalue weighted by Crippen LogP contribution is 2.07. The summed E-state index contributed by atoms with van der Waals surface area (Å²) < 4.78 is 4.73. The van der Waals surface area contributed by atoms with Crippen LogP contribution in [0.15, 0.2) is 0 Å². The summed E-state index contributed by atoms with van der Waals surface area (Å²) in [6, 6.07) is 0. The lowest BCUT2D eigenvalue weighted by atomic mass is 9.99. The molecule has 0 aliphatic heterocycles. The largest absolute Gasteiger partial charge is 0.465 e. The molecule has 13 heavy (non-hydrogen) atoms. The molecular weight excluding hydrogens is 170 g/mol. The third-order valence-electron chi connectivity index (χ3n) is 2.04. The first-order chi connectivity index (χ1) is 5.90. The van der Waals surface area contributed by atoms with Gasteiger partial charge in [-0.15, -0.1) is 0 Å². The Bertz CT molecular complexity index is 166. The standard InChI is InChI=1S/C9H19NO3/c1-5-13-8(12)6-10-9(3,4)7(2)11/h7,10-11H,5-6H2,1-4H3. The second kappa shape index (κ2) is 5.19. The number of rotatable bonds is 5. The molecule has 78 valence electrons. The lowest BCUT2D eigenvalue weighted by Crippen LogP contribution is -2.50. The number of hydrogen-bond acceptors (Lipinski definition) is 4. The Morgan fingerprint density at radius 1 is 1.62 bits per heavy atom. The Labute approximate surface area is 79.3 Å². The van der Waals surface area contributed by atoms with Crippen molar-refractivity contribution in [1.82, 2.24) is 5.32 Å². The summed E-state index contributed by atoms with van der Waals surface area (Å²) >= 11 is 0. The van der Waals surface area contributed by atoms with E-state index in [2.05, 4.69) is 5.32 Å². The monoisotopic (exact) mass is 189 g/mol. The van der Waals surface area contributed by atoms with Crippen molar-refractivity contribution >= 4 is 5.97 Å². The average molecular weight is 189 g/mol. The summed E-state index contributed by atoms with van der Waals surface area (Å²) in [4.78, 5) is 10.9. The van der Waals surface area contributed by atoms with Crippen LogP contribution in [-0.4, -0.2) is 35.9 Å². The number of carbonyl (C=O) groups is 1. The fourth-order valence-electron chi connectivity index (χ4n) is 0.660. The minimum atomic E-state index is -0.512. The number of ether oxygens (including phenoxy) is 1. The Balaban J connectivity index is 3.81. The molecule has 0 radical (unpaired) electrons. The van der Waals surface area contributed by atoms with Gasteiger partial charge in [0.15, 0.2) is 0 Å². The summed E-state index contributed by atoms with van der Waals surface area (Å²) in [7, 11) is 0. The van der Waals surface area contributed by atoms with Crippen molar-refractivity contribution in [3.63, 3.8) is 0 Å². The van der Waals surface area contributed by atoms with Gasteiger partial charge in [-0.25, -0.2) is 0 Å². The van der Waals surface area contributed by atoms with Crippen LogP contribution in [-0.2, 0) is 9.53 Å². The predicted molar refractivity (Wildman–Crippen MR) is 50.4 cm³/mol. The van der Waals surface area contributed by atoms with Crippen molar-refractivity contribution in [3.8, 4) is 0 Å². The SMILES string of the molecule is CCOC(=O)CNC(C)(C)C(C)O. The molecule has 0 heterocycles. The van der Waals surface area contributed by atoms with Crippen molar-refractivity contribution in [2.45, 2.75) is 39.3 Å². The molecule has 0 saturated heterocycles. The van der Waals surface area contributed by atoms with E-state index in [0.29, 0.717) is 6.61 Å². The molecule has 0 aliphatic carbocycles. The van der Waals surface area contributed by atoms with Crippen molar-refractivity contribution < 1.29 is 14.6 Å². The Morgan fingerprint density at radius 2 is 2.15 bits per heavy atom. The van der Waals surface area contributed by atoms with Gasteiger partial charge in [0.1, 0.15) is 0 Å². The molecular formula is C9H19NO3. The van der Waals surface area contributed by atoms with Gasteiger partial charge in [-0.1, -0.05) is 0 Å². The van der Waals surface area contributed by atoms with E-state index in [-0.39, 0.29) is 12.5 Å². The van der Waals surface area contributed by atoms with Gasteiger partial charge in [0.25, 0.3) is 0 Å². The number of nitrogens with one attached hydrogen (secondary N) is 1. The Hall–Kier alpha value is -0.610. The topological polar surface area (TPSA) is 58.6 Å². The quantitative estimate of drug-likeness (QED) is 0.611. The normalized spacial score (nSPS) is 13.9. The molecule has 0 spiro atoms. The maximum atomic E-state index is 10.9. The highest BCUT2D eigenvalue weighted by atomic mass is 16.5. The van der Waals surface area contributed by atoms with Crippen molar-refractivity contribution in [1.29, 1.82) is 0 Å². The zero-order valence-corrected chi connectivity index (χ0v) is 8.76. The first-order valence-electron chi connectivity index (χ1n) is 4.49. The van der Waals surface area contributed by atoms with Crippen LogP contribution in [0.3, 0.4) is 0 Å². The van der Waals surface area contributed by atoms with Crippen LogP contribution in [0.25, 0.3) is 0 Å². The van der Waals surface area contributed by atoms with Crippen molar-refractivity contribution in [2.75, 3.05) is 13.2 Å². The molecule has 2 N–H and O–H groups in total. The first-order valence-corrected chi connectivity index (χ1v) is 4.49. The smallest absolute Gasteiger partial charge is 0.319 e. The molecule has 0 amide bonds. The fraction of sp³-hybridized carbons (Fsp3) is 0.889. The highest BCUT2D eigenvalue weighted by Gasteiger charge is 2.24. The third kappa shape index (κ3) is 4.85. The van der Waals surface area contributed by atoms with E-state index in [1.54, 1.807) is 13.8 Å². The van der Waals surface area contributed by atoms with Gasteiger partial charge in [-0.2, -0.15) is 0 Å². The average Bonchev–Trinajstić information content (AvgIpc) is 2.01. The molecule has 0 aromatic heterocycles. The van der Waals surface area contributed by atoms with Crippen LogP contribution < -0.4 is 5.32 Å². The minimum absolute atomic E-state index is 0.131. The highest BCUT2D eigenvalue weighted by molar-refractivity contribution is 5.71. The van der Waals surface area contributed by atoms with E-state index in [4.69, 9.17) is 4.74 Å². The number of esters is 1. The number of carbonyl (C=O) groups excluding carboxylic acids is 1. The number of aliphatic hydroxyl groups is 1. The maximum Gasteiger partial charge on any atom is 0.319 e. The summed E-state index contributed by atoms with van der Waals surface area (Å²) in [5.74, 6) is -0.295. The first kappa shape index (κ1) is 12.4. The van der Waals surface area contributed by atoms with Crippen molar-refractivity contribution in [2.24, 2.45) is 0 Å². The van der Waals surface area contributed by atoms with Crippen LogP contribution in [0.1, 0.15) is 27.7 Å². The van der Waals surface area contributed by atoms with Crippen molar-refractivity contribution in [3.05, 3.63) is 0 Å². The minimum Gasteiger partial charge on any atom is -0.465 e. The molecule has 0 rings (SSSR count). The lowest BCUT2D eigenvalue weighted by molar-refractivity contribution is -0.142. The Morgan fingerprint density at radius 3 is 2.54 bits per heavy atom. The zero-order chi connectivity index (χ0) is 10.5. The van der Waals surface area contributed by atoms with Crippen LogP contribution in [0.5, 0.6) is 0 Å². The van der Waals surface area contributed by atoms with Gasteiger partial charge >= 0.3 is 5.97 Å². The van der Waals surface area contributed by atoms with Crippen LogP contribution in [0.4, 0.5) is 0 Å². The van der Waals surface area contributed by atoms with E-state index in [9.17, 15) is 9.90 Å². The van der Waals surface area contributed by atoms with Gasteiger partial charge in [-0.05, 0) is 27.7 Å². The molecule has 0 aromatic carbocycles. The zero-order valence-electron chi connectivity index (χ0n) is 8.76. The van der Waals surface area contributed by atoms with Gasteiger partial charge in [-0.3, -0.25) is 10.1 Å². The molecule has 0 bridgehead atoms. The lowest BCUT2D eigenvalue weighted by Gasteiger charge is -2.28. The summed E-state index contributed by atoms with van der Waals surface area (Å²) in [6.07, 6.45) is -0.512. The maximum absolute atomic E-state index is 10.9. The molecule has 1 atom stereocenters. The molecule has 1 unspecified atom stereocenters. The molecule has 0 aromatic rings. The van der Waals surface area contributed by atoms with E-state index in [1.807, 2.05) is 13.8 Å². The van der Waals surface area contributed by atoms with E-state index in [0.717, 1.165) is 0 Å². The predicted octanol–water partition coefficient (Wildman–Crippen LogP) is 0.299. The molecule has 4 nitrogen and oxygen atoms in total. The van der Waals surface area contributed by atoms with E-state index >= 15 is 0 Å². The summed E-state index contributed by atoms with van der Waals surface area (Å²) in [5.41, 5.74) is -0.466. The van der Waals surface area contributed by atoms with Gasteiger partial charge in [0.05, 0.1) is 19.3 Å². The number of hydrogen-bond donors (Lipinski definition) is 2. The summed E-state index contributed by atoms with van der Waals surface area (Å²) in [6.45, 7) is 7.62. The van der Waals surface area contributed by atoms with Crippen LogP contribution in [0, 0.1) is 0 Å². The number of aliphatic hydroxyl groups excluding tert-OH is 1. The van der Waals surface area contributed by atoms with E-state index < -0.39 is 11.6 Å². The summed E-state index contributed by atoms with van der Waals surface area (Å²) in [5, 5.41) is 12.2. The molecule has 0 aliphatic rings. The van der Waals surface area contributed by atoms with Gasteiger partial charge in [0.2, 0.25) is 0 Å². The second-order valence-electron chi connectivity index (χ2n) is 3.56. The molecule has 4 heteroatoms. The molecule has 0 fully saturated rings. The molecule has 0 saturated carbocycles.